The molecule has 2 aliphatic rings. The largest absolute Gasteiger partial charge is 0.370 e. The van der Waals surface area contributed by atoms with Crippen LogP contribution >= 0.6 is 0 Å². The molecule has 2 aromatic rings. The summed E-state index contributed by atoms with van der Waals surface area (Å²) in [4.78, 5) is 1.55. The average Bonchev–Trinajstić information content (AvgIpc) is 2.79. The van der Waals surface area contributed by atoms with Gasteiger partial charge in [-0.3, -0.25) is 0 Å². The van der Waals surface area contributed by atoms with Gasteiger partial charge in [0.15, 0.2) is 0 Å². The van der Waals surface area contributed by atoms with Crippen LogP contribution in [0, 0.1) is 17.8 Å². The molecule has 1 N–H and O–H groups in total. The first-order chi connectivity index (χ1) is 13.9. The molecule has 28 heavy (non-hydrogen) atoms. The zero-order valence-electron chi connectivity index (χ0n) is 16.8. The minimum absolute atomic E-state index is 0.200. The summed E-state index contributed by atoms with van der Waals surface area (Å²) < 4.78 is 5.51. The number of hydrogen-bond acceptors (Lipinski definition) is 1. The topological polar surface area (TPSA) is 13.7 Å². The third kappa shape index (κ3) is 4.17. The van der Waals surface area contributed by atoms with Crippen LogP contribution in [0.5, 0.6) is 0 Å². The molecule has 1 aliphatic heterocycles. The van der Waals surface area contributed by atoms with Crippen molar-refractivity contribution in [2.24, 2.45) is 5.92 Å². The standard InChI is InChI=1S/C26H31NO/c1-4-11-23(12-5-1)26(24-13-6-2-7-14-24,25-15-8-3-9-16-25)17-10-18-27-19-21-28-22-20-27/h1-2,4-7,11-14,25H,3,8-9,15-16,18-22H2/p+1. The number of ether oxygens (including phenoxy) is 1. The smallest absolute Gasteiger partial charge is 0.139 e. The fraction of sp³-hybridized carbons (Fsp3) is 0.462. The van der Waals surface area contributed by atoms with Crippen molar-refractivity contribution < 1.29 is 9.64 Å². The Morgan fingerprint density at radius 2 is 1.39 bits per heavy atom. The SMILES string of the molecule is C(#CC(c1ccccc1)(c1ccccc1)C1CCCCC1)C[NH+]1CCOCC1. The molecule has 4 rings (SSSR count). The highest BCUT2D eigenvalue weighted by Crippen LogP contribution is 2.45. The summed E-state index contributed by atoms with van der Waals surface area (Å²) in [7, 11) is 0. The molecule has 0 spiro atoms. The number of hydrogen-bond donors (Lipinski definition) is 1. The van der Waals surface area contributed by atoms with Gasteiger partial charge in [0, 0.05) is 0 Å². The molecule has 1 saturated carbocycles. The minimum atomic E-state index is -0.200. The Balaban J connectivity index is 1.76. The molecular weight excluding hydrogens is 342 g/mol. The van der Waals surface area contributed by atoms with E-state index in [1.807, 2.05) is 0 Å². The highest BCUT2D eigenvalue weighted by atomic mass is 16.5. The van der Waals surface area contributed by atoms with Crippen LogP contribution in [0.15, 0.2) is 60.7 Å². The van der Waals surface area contributed by atoms with Crippen molar-refractivity contribution in [1.29, 1.82) is 0 Å². The highest BCUT2D eigenvalue weighted by molar-refractivity contribution is 5.49. The third-order valence-electron chi connectivity index (χ3n) is 6.50. The van der Waals surface area contributed by atoms with Crippen molar-refractivity contribution >= 4 is 0 Å². The highest BCUT2D eigenvalue weighted by Gasteiger charge is 2.41. The Hall–Kier alpha value is -2.08. The van der Waals surface area contributed by atoms with E-state index >= 15 is 0 Å². The molecule has 0 bridgehead atoms. The Labute approximate surface area is 169 Å². The van der Waals surface area contributed by atoms with Crippen LogP contribution in [-0.4, -0.2) is 32.8 Å². The second kappa shape index (κ2) is 9.41. The summed E-state index contributed by atoms with van der Waals surface area (Å²) in [6.07, 6.45) is 6.54. The van der Waals surface area contributed by atoms with Crippen LogP contribution in [0.2, 0.25) is 0 Å². The molecule has 2 aromatic carbocycles. The van der Waals surface area contributed by atoms with E-state index < -0.39 is 0 Å². The lowest BCUT2D eigenvalue weighted by atomic mass is 9.62. The Kier molecular flexibility index (Phi) is 6.47. The molecule has 2 nitrogen and oxygen atoms in total. The predicted molar refractivity (Wildman–Crippen MR) is 114 cm³/mol. The van der Waals surface area contributed by atoms with Crippen molar-refractivity contribution in [1.82, 2.24) is 0 Å². The van der Waals surface area contributed by atoms with Crippen LogP contribution in [-0.2, 0) is 10.2 Å². The summed E-state index contributed by atoms with van der Waals surface area (Å²) in [5.41, 5.74) is 2.52. The predicted octanol–water partition coefficient (Wildman–Crippen LogP) is 3.47. The number of quaternary nitrogens is 1. The number of benzene rings is 2. The first-order valence-electron chi connectivity index (χ1n) is 10.9. The first-order valence-corrected chi connectivity index (χ1v) is 10.9. The number of rotatable bonds is 4. The molecule has 1 aliphatic carbocycles. The molecule has 2 heteroatoms. The fourth-order valence-electron chi connectivity index (χ4n) is 4.97. The van der Waals surface area contributed by atoms with Crippen LogP contribution in [0.25, 0.3) is 0 Å². The van der Waals surface area contributed by atoms with Gasteiger partial charge in [0.2, 0.25) is 0 Å². The normalized spacial score (nSPS) is 19.0. The van der Waals surface area contributed by atoms with Crippen LogP contribution in [0.1, 0.15) is 43.2 Å². The lowest BCUT2D eigenvalue weighted by Crippen LogP contribution is -3.14. The Morgan fingerprint density at radius 3 is 1.96 bits per heavy atom. The lowest BCUT2D eigenvalue weighted by molar-refractivity contribution is -0.900. The zero-order chi connectivity index (χ0) is 19.1. The molecule has 146 valence electrons. The zero-order valence-corrected chi connectivity index (χ0v) is 16.8. The molecule has 0 unspecified atom stereocenters. The number of nitrogens with one attached hydrogen (secondary N) is 1. The minimum Gasteiger partial charge on any atom is -0.370 e. The molecule has 1 heterocycles. The maximum absolute atomic E-state index is 5.51. The van der Waals surface area contributed by atoms with E-state index in [0.29, 0.717) is 5.92 Å². The van der Waals surface area contributed by atoms with E-state index in [4.69, 9.17) is 4.74 Å². The first kappa shape index (κ1) is 19.2. The Morgan fingerprint density at radius 1 is 0.821 bits per heavy atom. The van der Waals surface area contributed by atoms with E-state index in [9.17, 15) is 0 Å². The van der Waals surface area contributed by atoms with E-state index in [1.54, 1.807) is 4.90 Å². The third-order valence-corrected chi connectivity index (χ3v) is 6.50. The van der Waals surface area contributed by atoms with Crippen LogP contribution in [0.3, 0.4) is 0 Å². The van der Waals surface area contributed by atoms with Crippen molar-refractivity contribution in [3.05, 3.63) is 71.8 Å². The lowest BCUT2D eigenvalue weighted by Gasteiger charge is -2.40. The van der Waals surface area contributed by atoms with Crippen LogP contribution < -0.4 is 4.90 Å². The second-order valence-corrected chi connectivity index (χ2v) is 8.22. The molecule has 0 aromatic heterocycles. The van der Waals surface area contributed by atoms with E-state index in [-0.39, 0.29) is 5.41 Å². The van der Waals surface area contributed by atoms with Crippen molar-refractivity contribution in [2.75, 3.05) is 32.8 Å². The molecule has 0 atom stereocenters. The van der Waals surface area contributed by atoms with Gasteiger partial charge in [-0.05, 0) is 35.8 Å². The van der Waals surface area contributed by atoms with E-state index in [0.717, 1.165) is 32.8 Å². The monoisotopic (exact) mass is 374 g/mol. The van der Waals surface area contributed by atoms with Crippen LogP contribution in [0.4, 0.5) is 0 Å². The molecule has 1 saturated heterocycles. The van der Waals surface area contributed by atoms with Gasteiger partial charge >= 0.3 is 0 Å². The maximum Gasteiger partial charge on any atom is 0.139 e. The van der Waals surface area contributed by atoms with Gasteiger partial charge < -0.3 is 9.64 Å². The van der Waals surface area contributed by atoms with Gasteiger partial charge in [0.25, 0.3) is 0 Å². The van der Waals surface area contributed by atoms with Gasteiger partial charge in [-0.25, -0.2) is 0 Å². The van der Waals surface area contributed by atoms with E-state index in [1.165, 1.54) is 43.2 Å². The van der Waals surface area contributed by atoms with Crippen molar-refractivity contribution in [2.45, 2.75) is 37.5 Å². The maximum atomic E-state index is 5.51. The van der Waals surface area contributed by atoms with E-state index in [2.05, 4.69) is 72.5 Å². The molecular formula is C26H32NO+. The molecule has 2 fully saturated rings. The van der Waals surface area contributed by atoms with Crippen molar-refractivity contribution in [3.63, 3.8) is 0 Å². The Bertz CT molecular complexity index is 738. The summed E-state index contributed by atoms with van der Waals surface area (Å²) >= 11 is 0. The fourth-order valence-corrected chi connectivity index (χ4v) is 4.97. The summed E-state index contributed by atoms with van der Waals surface area (Å²) in [6.45, 7) is 4.78. The molecule has 0 amide bonds. The summed E-state index contributed by atoms with van der Waals surface area (Å²) in [5, 5.41) is 0. The van der Waals surface area contributed by atoms with Gasteiger partial charge in [0.05, 0.1) is 18.6 Å². The van der Waals surface area contributed by atoms with Gasteiger partial charge in [0.1, 0.15) is 19.6 Å². The van der Waals surface area contributed by atoms with Gasteiger partial charge in [-0.1, -0.05) is 85.8 Å². The van der Waals surface area contributed by atoms with Gasteiger partial charge in [-0.2, -0.15) is 0 Å². The van der Waals surface area contributed by atoms with Gasteiger partial charge in [-0.15, -0.1) is 0 Å². The summed E-state index contributed by atoms with van der Waals surface area (Å²) in [5.74, 6) is 8.10. The van der Waals surface area contributed by atoms with Crippen molar-refractivity contribution in [3.8, 4) is 11.8 Å². The second-order valence-electron chi connectivity index (χ2n) is 8.22. The quantitative estimate of drug-likeness (QED) is 0.809. The molecule has 0 radical (unpaired) electrons. The number of morpholine rings is 1. The average molecular weight is 375 g/mol. The summed E-state index contributed by atoms with van der Waals surface area (Å²) in [6, 6.07) is 22.1.